The molecule has 0 unspecified atom stereocenters. The standard InChI is InChI=1S/C10H15AsO15/c12-6(13)1-22-11(23-2-7(14)15,24-3-8(16)17,25-4-9(18)19)26-5-10(20)21/h1-5H2,(H,12,13)(H,14,15)(H,16,17)(H,18,19)(H,20,21). The summed E-state index contributed by atoms with van der Waals surface area (Å²) in [7, 11) is 0. The molecule has 26 heavy (non-hydrogen) atoms. The van der Waals surface area contributed by atoms with Gasteiger partial charge in [0.15, 0.2) is 0 Å². The van der Waals surface area contributed by atoms with Gasteiger partial charge in [0.25, 0.3) is 0 Å². The van der Waals surface area contributed by atoms with Crippen LogP contribution in [0.5, 0.6) is 0 Å². The van der Waals surface area contributed by atoms with E-state index in [0.717, 1.165) is 0 Å². The van der Waals surface area contributed by atoms with Crippen LogP contribution in [0.25, 0.3) is 0 Å². The molecule has 0 radical (unpaired) electrons. The summed E-state index contributed by atoms with van der Waals surface area (Å²) in [5.74, 6) is -8.57. The molecule has 0 aromatic heterocycles. The molecule has 15 nitrogen and oxygen atoms in total. The van der Waals surface area contributed by atoms with Crippen LogP contribution in [-0.4, -0.2) is 103 Å². The Balaban J connectivity index is 6.07. The molecule has 0 aromatic rings. The Labute approximate surface area is 146 Å². The summed E-state index contributed by atoms with van der Waals surface area (Å²) < 4.78 is 23.6. The molecule has 16 heteroatoms. The molecule has 0 aliphatic carbocycles. The van der Waals surface area contributed by atoms with Crippen LogP contribution >= 0.6 is 0 Å². The molecule has 0 bridgehead atoms. The van der Waals surface area contributed by atoms with Gasteiger partial charge in [-0.25, -0.2) is 0 Å². The van der Waals surface area contributed by atoms with E-state index in [-0.39, 0.29) is 0 Å². The predicted octanol–water partition coefficient (Wildman–Crippen LogP) is -2.62. The Bertz CT molecular complexity index is 449. The number of carboxylic acids is 5. The number of aliphatic carboxylic acids is 5. The van der Waals surface area contributed by atoms with Crippen molar-refractivity contribution in [1.82, 2.24) is 0 Å². The van der Waals surface area contributed by atoms with E-state index in [1.165, 1.54) is 0 Å². The average Bonchev–Trinajstić information content (AvgIpc) is 2.53. The van der Waals surface area contributed by atoms with Crippen molar-refractivity contribution in [1.29, 1.82) is 0 Å². The van der Waals surface area contributed by atoms with Crippen LogP contribution in [0.3, 0.4) is 0 Å². The molecular formula is C10H15AsO15. The van der Waals surface area contributed by atoms with E-state index in [1.54, 1.807) is 0 Å². The van der Waals surface area contributed by atoms with Gasteiger partial charge in [-0.15, -0.1) is 0 Å². The number of hydrogen-bond donors (Lipinski definition) is 5. The van der Waals surface area contributed by atoms with Crippen molar-refractivity contribution >= 4 is 44.0 Å². The second-order valence-corrected chi connectivity index (χ2v) is 9.92. The Kier molecular flexibility index (Phi) is 9.12. The monoisotopic (exact) mass is 450 g/mol. The maximum absolute atomic E-state index is 10.8. The Morgan fingerprint density at radius 3 is 0.731 bits per heavy atom. The fraction of sp³-hybridized carbons (Fsp3) is 0.500. The topological polar surface area (TPSA) is 233 Å². The summed E-state index contributed by atoms with van der Waals surface area (Å²) in [6.07, 6.45) is 0. The molecule has 0 aliphatic rings. The summed E-state index contributed by atoms with van der Waals surface area (Å²) in [5, 5.41) is 43.6. The third-order valence-corrected chi connectivity index (χ3v) is 7.77. The molecular weight excluding hydrogens is 435 g/mol. The first-order valence-electron chi connectivity index (χ1n) is 6.26. The zero-order chi connectivity index (χ0) is 20.4. The van der Waals surface area contributed by atoms with Crippen molar-refractivity contribution in [2.75, 3.05) is 33.0 Å². The van der Waals surface area contributed by atoms with Crippen LogP contribution in [0, 0.1) is 0 Å². The van der Waals surface area contributed by atoms with Gasteiger partial charge < -0.3 is 0 Å². The summed E-state index contributed by atoms with van der Waals surface area (Å²) >= 11 is -6.75. The van der Waals surface area contributed by atoms with E-state index in [1.807, 2.05) is 0 Å². The molecule has 0 atom stereocenters. The third kappa shape index (κ3) is 8.70. The van der Waals surface area contributed by atoms with Crippen LogP contribution < -0.4 is 0 Å². The number of carbonyl (C=O) groups is 5. The van der Waals surface area contributed by atoms with Gasteiger partial charge >= 0.3 is 145 Å². The maximum atomic E-state index is 10.8. The second-order valence-electron chi connectivity index (χ2n) is 4.08. The molecule has 0 saturated carbocycles. The van der Waals surface area contributed by atoms with Crippen LogP contribution in [0.15, 0.2) is 0 Å². The van der Waals surface area contributed by atoms with Crippen molar-refractivity contribution in [2.45, 2.75) is 0 Å². The number of rotatable bonds is 15. The van der Waals surface area contributed by atoms with Crippen LogP contribution in [-0.2, 0) is 42.6 Å². The summed E-state index contributed by atoms with van der Waals surface area (Å²) in [5.41, 5.74) is 0. The van der Waals surface area contributed by atoms with Crippen molar-refractivity contribution in [3.05, 3.63) is 0 Å². The summed E-state index contributed by atoms with van der Waals surface area (Å²) in [6, 6.07) is 0. The van der Waals surface area contributed by atoms with Crippen molar-refractivity contribution in [3.8, 4) is 0 Å². The van der Waals surface area contributed by atoms with Gasteiger partial charge in [-0.3, -0.25) is 0 Å². The molecule has 0 heterocycles. The summed E-state index contributed by atoms with van der Waals surface area (Å²) in [6.45, 7) is -6.85. The van der Waals surface area contributed by atoms with Crippen LogP contribution in [0.4, 0.5) is 0 Å². The second kappa shape index (κ2) is 10.0. The summed E-state index contributed by atoms with van der Waals surface area (Å²) in [4.78, 5) is 53.8. The molecule has 0 aliphatic heterocycles. The first-order chi connectivity index (χ1) is 11.9. The molecule has 0 saturated heterocycles. The Morgan fingerprint density at radius 1 is 0.462 bits per heavy atom. The Hall–Kier alpha value is -2.29. The van der Waals surface area contributed by atoms with Crippen LogP contribution in [0.1, 0.15) is 0 Å². The van der Waals surface area contributed by atoms with Crippen molar-refractivity contribution in [2.24, 2.45) is 0 Å². The predicted molar refractivity (Wildman–Crippen MR) is 73.7 cm³/mol. The average molecular weight is 450 g/mol. The first kappa shape index (κ1) is 23.7. The van der Waals surface area contributed by atoms with E-state index < -0.39 is 77.0 Å². The van der Waals surface area contributed by atoms with E-state index >= 15 is 0 Å². The third-order valence-electron chi connectivity index (χ3n) is 1.99. The van der Waals surface area contributed by atoms with E-state index in [2.05, 4.69) is 0 Å². The number of carboxylic acid groups (broad SMARTS) is 5. The van der Waals surface area contributed by atoms with Gasteiger partial charge in [0.1, 0.15) is 0 Å². The van der Waals surface area contributed by atoms with Gasteiger partial charge in [0.2, 0.25) is 0 Å². The number of hydrogen-bond acceptors (Lipinski definition) is 10. The minimum atomic E-state index is -6.75. The minimum absolute atomic E-state index is 1.37. The zero-order valence-corrected chi connectivity index (χ0v) is 14.7. The van der Waals surface area contributed by atoms with E-state index in [9.17, 15) is 24.0 Å². The van der Waals surface area contributed by atoms with Gasteiger partial charge in [0.05, 0.1) is 0 Å². The van der Waals surface area contributed by atoms with Gasteiger partial charge in [-0.05, 0) is 0 Å². The molecule has 0 aromatic carbocycles. The van der Waals surface area contributed by atoms with Crippen molar-refractivity contribution in [3.63, 3.8) is 0 Å². The molecule has 0 fully saturated rings. The fourth-order valence-corrected chi connectivity index (χ4v) is 6.11. The zero-order valence-electron chi connectivity index (χ0n) is 12.8. The van der Waals surface area contributed by atoms with E-state index in [4.69, 9.17) is 44.2 Å². The van der Waals surface area contributed by atoms with Gasteiger partial charge in [-0.2, -0.15) is 0 Å². The quantitative estimate of drug-likeness (QED) is 0.161. The first-order valence-corrected chi connectivity index (χ1v) is 10.1. The molecule has 0 amide bonds. The normalized spacial score (nSPS) is 12.7. The van der Waals surface area contributed by atoms with Gasteiger partial charge in [0, 0.05) is 0 Å². The SMILES string of the molecule is O=C(O)CO[As](OCC(=O)O)(OCC(=O)O)(OCC(=O)O)OCC(=O)O. The van der Waals surface area contributed by atoms with Crippen molar-refractivity contribution < 1.29 is 68.1 Å². The fourth-order valence-electron chi connectivity index (χ4n) is 1.18. The molecule has 150 valence electrons. The van der Waals surface area contributed by atoms with Crippen LogP contribution in [0.2, 0.25) is 0 Å². The molecule has 0 spiro atoms. The van der Waals surface area contributed by atoms with Gasteiger partial charge in [-0.1, -0.05) is 0 Å². The Morgan fingerprint density at radius 2 is 0.615 bits per heavy atom. The molecule has 5 N–H and O–H groups in total. The van der Waals surface area contributed by atoms with E-state index in [0.29, 0.717) is 0 Å². The molecule has 0 rings (SSSR count).